The van der Waals surface area contributed by atoms with Crippen molar-refractivity contribution in [3.63, 3.8) is 0 Å². The van der Waals surface area contributed by atoms with Crippen LogP contribution >= 0.6 is 11.6 Å². The standard InChI is InChI=1S/C21H22ClFN2O3/c1-2-28-21(27)19(15-3-7-17(22)8-4-15)24-11-13-25(14-12-24)20(26)16-5-9-18(23)10-6-16/h3-10,19H,2,11-14H2,1H3. The fourth-order valence-corrected chi connectivity index (χ4v) is 3.45. The number of amides is 1. The number of rotatable bonds is 5. The number of benzene rings is 2. The van der Waals surface area contributed by atoms with Crippen molar-refractivity contribution in [3.8, 4) is 0 Å². The van der Waals surface area contributed by atoms with Gasteiger partial charge in [0.15, 0.2) is 0 Å². The van der Waals surface area contributed by atoms with E-state index >= 15 is 0 Å². The molecule has 2 aromatic carbocycles. The van der Waals surface area contributed by atoms with E-state index in [1.807, 2.05) is 17.0 Å². The maximum atomic E-state index is 13.1. The molecule has 1 aliphatic rings. The molecule has 0 radical (unpaired) electrons. The lowest BCUT2D eigenvalue weighted by Gasteiger charge is -2.38. The first-order valence-corrected chi connectivity index (χ1v) is 9.58. The van der Waals surface area contributed by atoms with Gasteiger partial charge in [0.2, 0.25) is 0 Å². The van der Waals surface area contributed by atoms with E-state index in [0.29, 0.717) is 43.4 Å². The number of piperazine rings is 1. The molecule has 5 nitrogen and oxygen atoms in total. The molecule has 1 atom stereocenters. The van der Waals surface area contributed by atoms with Gasteiger partial charge in [0.1, 0.15) is 11.9 Å². The molecule has 1 amide bonds. The van der Waals surface area contributed by atoms with Crippen LogP contribution in [0.4, 0.5) is 4.39 Å². The van der Waals surface area contributed by atoms with Crippen molar-refractivity contribution in [2.75, 3.05) is 32.8 Å². The third-order valence-corrected chi connectivity index (χ3v) is 5.01. The Kier molecular flexibility index (Phi) is 6.65. The SMILES string of the molecule is CCOC(=O)C(c1ccc(Cl)cc1)N1CCN(C(=O)c2ccc(F)cc2)CC1. The summed E-state index contributed by atoms with van der Waals surface area (Å²) in [7, 11) is 0. The van der Waals surface area contributed by atoms with Crippen LogP contribution in [-0.2, 0) is 9.53 Å². The Morgan fingerprint density at radius 3 is 2.21 bits per heavy atom. The molecule has 0 N–H and O–H groups in total. The molecule has 28 heavy (non-hydrogen) atoms. The zero-order valence-corrected chi connectivity index (χ0v) is 16.4. The Labute approximate surface area is 168 Å². The summed E-state index contributed by atoms with van der Waals surface area (Å²) in [5, 5.41) is 0.598. The molecule has 1 saturated heterocycles. The Morgan fingerprint density at radius 2 is 1.64 bits per heavy atom. The number of hydrogen-bond acceptors (Lipinski definition) is 4. The summed E-state index contributed by atoms with van der Waals surface area (Å²) in [5.74, 6) is -0.830. The molecule has 0 saturated carbocycles. The molecular weight excluding hydrogens is 383 g/mol. The van der Waals surface area contributed by atoms with Crippen molar-refractivity contribution in [2.45, 2.75) is 13.0 Å². The minimum atomic E-state index is -0.541. The molecule has 3 rings (SSSR count). The Bertz CT molecular complexity index is 819. The summed E-state index contributed by atoms with van der Waals surface area (Å²) in [6, 6.07) is 12.1. The van der Waals surface area contributed by atoms with Gasteiger partial charge >= 0.3 is 5.97 Å². The van der Waals surface area contributed by atoms with E-state index in [4.69, 9.17) is 16.3 Å². The van der Waals surface area contributed by atoms with E-state index in [2.05, 4.69) is 0 Å². The molecule has 1 heterocycles. The van der Waals surface area contributed by atoms with Crippen LogP contribution in [0.3, 0.4) is 0 Å². The zero-order chi connectivity index (χ0) is 20.1. The van der Waals surface area contributed by atoms with Gasteiger partial charge in [-0.05, 0) is 48.9 Å². The van der Waals surface area contributed by atoms with Crippen molar-refractivity contribution in [1.29, 1.82) is 0 Å². The fourth-order valence-electron chi connectivity index (χ4n) is 3.32. The molecule has 0 aliphatic carbocycles. The van der Waals surface area contributed by atoms with Crippen molar-refractivity contribution in [1.82, 2.24) is 9.80 Å². The van der Waals surface area contributed by atoms with Gasteiger partial charge in [-0.25, -0.2) is 9.18 Å². The molecule has 1 aliphatic heterocycles. The van der Waals surface area contributed by atoms with Crippen LogP contribution in [0.2, 0.25) is 5.02 Å². The summed E-state index contributed by atoms with van der Waals surface area (Å²) in [4.78, 5) is 28.9. The normalized spacial score (nSPS) is 15.9. The van der Waals surface area contributed by atoms with Crippen LogP contribution in [0.15, 0.2) is 48.5 Å². The van der Waals surface area contributed by atoms with Crippen LogP contribution in [-0.4, -0.2) is 54.5 Å². The number of esters is 1. The number of carbonyl (C=O) groups is 2. The van der Waals surface area contributed by atoms with E-state index in [-0.39, 0.29) is 17.7 Å². The minimum absolute atomic E-state index is 0.140. The maximum Gasteiger partial charge on any atom is 0.328 e. The maximum absolute atomic E-state index is 13.1. The Morgan fingerprint density at radius 1 is 1.04 bits per heavy atom. The highest BCUT2D eigenvalue weighted by Gasteiger charge is 2.32. The molecule has 1 fully saturated rings. The first-order chi connectivity index (χ1) is 13.5. The van der Waals surface area contributed by atoms with Gasteiger partial charge in [-0.15, -0.1) is 0 Å². The second-order valence-corrected chi connectivity index (χ2v) is 6.98. The Balaban J connectivity index is 1.71. The quantitative estimate of drug-likeness (QED) is 0.715. The first-order valence-electron chi connectivity index (χ1n) is 9.20. The molecule has 1 unspecified atom stereocenters. The molecule has 148 valence electrons. The second-order valence-electron chi connectivity index (χ2n) is 6.54. The van der Waals surface area contributed by atoms with E-state index in [1.165, 1.54) is 24.3 Å². The van der Waals surface area contributed by atoms with Gasteiger partial charge < -0.3 is 9.64 Å². The van der Waals surface area contributed by atoms with Gasteiger partial charge in [0, 0.05) is 36.8 Å². The summed E-state index contributed by atoms with van der Waals surface area (Å²) in [6.07, 6.45) is 0. The van der Waals surface area contributed by atoms with Gasteiger partial charge in [0.25, 0.3) is 5.91 Å². The van der Waals surface area contributed by atoms with Gasteiger partial charge in [-0.2, -0.15) is 0 Å². The van der Waals surface area contributed by atoms with Crippen LogP contribution in [0, 0.1) is 5.82 Å². The predicted octanol–water partition coefficient (Wildman–Crippen LogP) is 3.54. The minimum Gasteiger partial charge on any atom is -0.465 e. The van der Waals surface area contributed by atoms with Crippen LogP contribution < -0.4 is 0 Å². The smallest absolute Gasteiger partial charge is 0.328 e. The molecule has 0 aromatic heterocycles. The molecule has 2 aromatic rings. The number of halogens is 2. The lowest BCUT2D eigenvalue weighted by atomic mass is 10.0. The van der Waals surface area contributed by atoms with Crippen LogP contribution in [0.25, 0.3) is 0 Å². The zero-order valence-electron chi connectivity index (χ0n) is 15.6. The number of ether oxygens (including phenoxy) is 1. The lowest BCUT2D eigenvalue weighted by molar-refractivity contribution is -0.150. The first kappa shape index (κ1) is 20.3. The average molecular weight is 405 g/mol. The number of hydrogen-bond donors (Lipinski definition) is 0. The molecule has 7 heteroatoms. The van der Waals surface area contributed by atoms with Gasteiger partial charge in [-0.3, -0.25) is 9.69 Å². The summed E-state index contributed by atoms with van der Waals surface area (Å²) in [6.45, 7) is 4.07. The third-order valence-electron chi connectivity index (χ3n) is 4.75. The predicted molar refractivity (Wildman–Crippen MR) is 105 cm³/mol. The average Bonchev–Trinajstić information content (AvgIpc) is 2.70. The summed E-state index contributed by atoms with van der Waals surface area (Å²) < 4.78 is 18.3. The summed E-state index contributed by atoms with van der Waals surface area (Å²) >= 11 is 5.97. The fraction of sp³-hybridized carbons (Fsp3) is 0.333. The highest BCUT2D eigenvalue weighted by molar-refractivity contribution is 6.30. The van der Waals surface area contributed by atoms with Crippen LogP contribution in [0.1, 0.15) is 28.9 Å². The summed E-state index contributed by atoms with van der Waals surface area (Å²) in [5.41, 5.74) is 1.26. The van der Waals surface area contributed by atoms with E-state index in [9.17, 15) is 14.0 Å². The molecule has 0 bridgehead atoms. The number of nitrogens with zero attached hydrogens (tertiary/aromatic N) is 2. The van der Waals surface area contributed by atoms with Crippen molar-refractivity contribution < 1.29 is 18.7 Å². The highest BCUT2D eigenvalue weighted by Crippen LogP contribution is 2.25. The van der Waals surface area contributed by atoms with E-state index in [0.717, 1.165) is 5.56 Å². The molecular formula is C21H22ClFN2O3. The van der Waals surface area contributed by atoms with Crippen molar-refractivity contribution >= 4 is 23.5 Å². The molecule has 0 spiro atoms. The second kappa shape index (κ2) is 9.17. The van der Waals surface area contributed by atoms with E-state index < -0.39 is 6.04 Å². The lowest BCUT2D eigenvalue weighted by Crippen LogP contribution is -2.51. The van der Waals surface area contributed by atoms with E-state index in [1.54, 1.807) is 24.0 Å². The van der Waals surface area contributed by atoms with Crippen LogP contribution in [0.5, 0.6) is 0 Å². The third kappa shape index (κ3) is 4.69. The highest BCUT2D eigenvalue weighted by atomic mass is 35.5. The van der Waals surface area contributed by atoms with Crippen molar-refractivity contribution in [3.05, 3.63) is 70.5 Å². The monoisotopic (exact) mass is 404 g/mol. The number of carbonyl (C=O) groups excluding carboxylic acids is 2. The largest absolute Gasteiger partial charge is 0.465 e. The Hall–Kier alpha value is -2.44. The topological polar surface area (TPSA) is 49.9 Å². The van der Waals surface area contributed by atoms with Gasteiger partial charge in [-0.1, -0.05) is 23.7 Å². The van der Waals surface area contributed by atoms with Crippen molar-refractivity contribution in [2.24, 2.45) is 0 Å². The van der Waals surface area contributed by atoms with Gasteiger partial charge in [0.05, 0.1) is 6.61 Å².